The first-order chi connectivity index (χ1) is 18.4. The molecule has 2 atom stereocenters. The molecule has 1 amide bonds. The Morgan fingerprint density at radius 2 is 1.65 bits per heavy atom. The number of carbonyl (C=O) groups is 2. The molecule has 1 fully saturated rings. The summed E-state index contributed by atoms with van der Waals surface area (Å²) >= 11 is -1.48. The molecule has 0 spiro atoms. The molecule has 2 aromatic rings. The Bertz CT molecular complexity index is 1210. The first kappa shape index (κ1) is 34.3. The molecule has 0 bridgehead atoms. The summed E-state index contributed by atoms with van der Waals surface area (Å²) in [7, 11) is -3.29. The van der Waals surface area contributed by atoms with Crippen LogP contribution in [-0.2, 0) is 25.8 Å². The van der Waals surface area contributed by atoms with E-state index in [0.29, 0.717) is 19.5 Å². The minimum Gasteiger partial charge on any atom is -0.147 e. The SMILES string of the molecule is CCN(C(=O)Cc1ccc(S(C)(=O)=O)cc1)C1CCN(CCC([AsH]C(=O)CC(F)(F)F)c2ccccc2)CC1.Cl. The number of likely N-dealkylation sites (tertiary alicyclic amines) is 1. The Morgan fingerprint density at radius 3 is 2.17 bits per heavy atom. The number of hydrogen-bond acceptors (Lipinski definition) is 5. The number of carbonyl (C=O) groups excluding carboxylic acids is 2. The molecule has 0 radical (unpaired) electrons. The third-order valence-electron chi connectivity index (χ3n) is 7.00. The fourth-order valence-electron chi connectivity index (χ4n) is 4.97. The van der Waals surface area contributed by atoms with Gasteiger partial charge in [0, 0.05) is 6.26 Å². The molecule has 3 rings (SSSR count). The molecule has 0 N–H and O–H groups in total. The summed E-state index contributed by atoms with van der Waals surface area (Å²) in [4.78, 5) is 29.6. The van der Waals surface area contributed by atoms with E-state index in [1.165, 1.54) is 12.1 Å². The smallest absolute Gasteiger partial charge is 0.147 e. The van der Waals surface area contributed by atoms with Crippen LogP contribution >= 0.6 is 12.4 Å². The number of amides is 1. The number of piperidine rings is 1. The van der Waals surface area contributed by atoms with E-state index in [9.17, 15) is 31.2 Å². The predicted molar refractivity (Wildman–Crippen MR) is 154 cm³/mol. The summed E-state index contributed by atoms with van der Waals surface area (Å²) < 4.78 is 60.8. The normalized spacial score (nSPS) is 16.0. The van der Waals surface area contributed by atoms with Crippen LogP contribution in [0.4, 0.5) is 13.2 Å². The Kier molecular flexibility index (Phi) is 13.2. The Balaban J connectivity index is 0.00000560. The minimum absolute atomic E-state index is 0. The average molecular weight is 665 g/mol. The van der Waals surface area contributed by atoms with Gasteiger partial charge in [-0.15, -0.1) is 12.4 Å². The summed E-state index contributed by atoms with van der Waals surface area (Å²) in [5.74, 6) is 0.000717. The van der Waals surface area contributed by atoms with Crippen LogP contribution in [0, 0.1) is 0 Å². The maximum absolute atomic E-state index is 13.1. The number of likely N-dealkylation sites (N-methyl/N-ethyl adjacent to an activating group) is 1. The molecular weight excluding hydrogens is 628 g/mol. The summed E-state index contributed by atoms with van der Waals surface area (Å²) in [5.41, 5.74) is 1.69. The quantitative estimate of drug-likeness (QED) is 0.315. The topological polar surface area (TPSA) is 74.8 Å². The van der Waals surface area contributed by atoms with Crippen molar-refractivity contribution in [1.82, 2.24) is 9.80 Å². The van der Waals surface area contributed by atoms with Gasteiger partial charge < -0.3 is 0 Å². The van der Waals surface area contributed by atoms with Gasteiger partial charge in [-0.25, -0.2) is 8.42 Å². The van der Waals surface area contributed by atoms with Crippen molar-refractivity contribution in [3.8, 4) is 0 Å². The van der Waals surface area contributed by atoms with Crippen LogP contribution in [0.2, 0.25) is 0 Å². The second-order valence-electron chi connectivity index (χ2n) is 9.96. The van der Waals surface area contributed by atoms with Crippen LogP contribution in [0.3, 0.4) is 0 Å². The summed E-state index contributed by atoms with van der Waals surface area (Å²) in [5, 5.41) is 0. The fourth-order valence-corrected chi connectivity index (χ4v) is 8.38. The van der Waals surface area contributed by atoms with Gasteiger partial charge in [0.25, 0.3) is 0 Å². The number of nitrogens with zero attached hydrogens (tertiary/aromatic N) is 2. The Hall–Kier alpha value is -1.87. The summed E-state index contributed by atoms with van der Waals surface area (Å²) in [6.07, 6.45) is -2.23. The Labute approximate surface area is 247 Å². The summed E-state index contributed by atoms with van der Waals surface area (Å²) in [6.45, 7) is 4.77. The minimum atomic E-state index is -4.47. The van der Waals surface area contributed by atoms with E-state index in [1.54, 1.807) is 12.1 Å². The number of alkyl halides is 3. The molecule has 1 aliphatic heterocycles. The standard InChI is InChI=1S/C28H36AsF3N2O4S.ClH/c1-3-34(27(36)19-21-9-11-24(12-10-21)39(2,37)38)23-13-16-33(17-14-23)18-15-25(22-7-5-4-6-8-22)29-26(35)20-28(30,31)32;/h4-12,23,25,29H,3,13-20H2,1-2H3;1H. The van der Waals surface area contributed by atoms with Crippen molar-refractivity contribution in [2.24, 2.45) is 0 Å². The summed E-state index contributed by atoms with van der Waals surface area (Å²) in [6, 6.07) is 15.8. The molecule has 0 aliphatic carbocycles. The van der Waals surface area contributed by atoms with Gasteiger partial charge in [0.15, 0.2) is 9.84 Å². The van der Waals surface area contributed by atoms with Gasteiger partial charge >= 0.3 is 195 Å². The van der Waals surface area contributed by atoms with Crippen LogP contribution in [0.1, 0.15) is 48.4 Å². The predicted octanol–water partition coefficient (Wildman–Crippen LogP) is 4.41. The van der Waals surface area contributed by atoms with E-state index in [0.717, 1.165) is 43.3 Å². The zero-order valence-corrected chi connectivity index (χ0v) is 26.4. The molecule has 2 unspecified atom stereocenters. The number of benzene rings is 2. The maximum Gasteiger partial charge on any atom is -0.147 e. The van der Waals surface area contributed by atoms with E-state index >= 15 is 0 Å². The zero-order chi connectivity index (χ0) is 28.6. The molecule has 0 aromatic heterocycles. The van der Waals surface area contributed by atoms with Crippen molar-refractivity contribution < 1.29 is 31.2 Å². The number of rotatable bonds is 12. The molecule has 6 nitrogen and oxygen atoms in total. The second kappa shape index (κ2) is 15.4. The van der Waals surface area contributed by atoms with Crippen LogP contribution < -0.4 is 0 Å². The average Bonchev–Trinajstić information content (AvgIpc) is 2.87. The molecule has 0 saturated carbocycles. The van der Waals surface area contributed by atoms with Gasteiger partial charge in [-0.1, -0.05) is 0 Å². The number of halogens is 4. The van der Waals surface area contributed by atoms with Crippen LogP contribution in [0.5, 0.6) is 0 Å². The largest absolute Gasteiger partial charge is 0.147 e. The molecule has 12 heteroatoms. The van der Waals surface area contributed by atoms with Gasteiger partial charge in [-0.2, -0.15) is 0 Å². The number of sulfone groups is 1. The van der Waals surface area contributed by atoms with Crippen molar-refractivity contribution in [1.29, 1.82) is 0 Å². The van der Waals surface area contributed by atoms with Crippen molar-refractivity contribution in [2.75, 3.05) is 32.4 Å². The van der Waals surface area contributed by atoms with Crippen LogP contribution in [-0.4, -0.2) is 89.1 Å². The van der Waals surface area contributed by atoms with Crippen molar-refractivity contribution in [3.63, 3.8) is 0 Å². The van der Waals surface area contributed by atoms with Crippen molar-refractivity contribution >= 4 is 48.5 Å². The molecule has 1 heterocycles. The first-order valence-electron chi connectivity index (χ1n) is 13.1. The van der Waals surface area contributed by atoms with Crippen LogP contribution in [0.25, 0.3) is 0 Å². The van der Waals surface area contributed by atoms with E-state index in [4.69, 9.17) is 0 Å². The van der Waals surface area contributed by atoms with Gasteiger partial charge in [0.05, 0.1) is 4.90 Å². The maximum atomic E-state index is 13.1. The van der Waals surface area contributed by atoms with Crippen LogP contribution in [0.15, 0.2) is 59.5 Å². The van der Waals surface area contributed by atoms with E-state index in [-0.39, 0.29) is 40.4 Å². The molecule has 1 aliphatic rings. The van der Waals surface area contributed by atoms with Crippen molar-refractivity contribution in [2.45, 2.75) is 60.8 Å². The fraction of sp³-hybridized carbons (Fsp3) is 0.500. The molecule has 40 heavy (non-hydrogen) atoms. The van der Waals surface area contributed by atoms with E-state index in [1.807, 2.05) is 42.2 Å². The molecular formula is C28H37AsClF3N2O4S. The van der Waals surface area contributed by atoms with E-state index < -0.39 is 42.8 Å². The number of hydrogen-bond donors (Lipinski definition) is 0. The van der Waals surface area contributed by atoms with Crippen molar-refractivity contribution in [3.05, 3.63) is 65.7 Å². The van der Waals surface area contributed by atoms with Gasteiger partial charge in [-0.3, -0.25) is 0 Å². The third kappa shape index (κ3) is 10.8. The van der Waals surface area contributed by atoms with Gasteiger partial charge in [0.2, 0.25) is 0 Å². The van der Waals surface area contributed by atoms with E-state index in [2.05, 4.69) is 4.90 Å². The van der Waals surface area contributed by atoms with Gasteiger partial charge in [-0.05, 0) is 12.1 Å². The molecule has 1 saturated heterocycles. The second-order valence-corrected chi connectivity index (χ2v) is 15.2. The first-order valence-corrected chi connectivity index (χ1v) is 17.2. The monoisotopic (exact) mass is 664 g/mol. The zero-order valence-electron chi connectivity index (χ0n) is 22.7. The molecule has 2 aromatic carbocycles. The third-order valence-corrected chi connectivity index (χ3v) is 11.2. The Morgan fingerprint density at radius 1 is 1.05 bits per heavy atom. The van der Waals surface area contributed by atoms with Gasteiger partial charge in [0.1, 0.15) is 0 Å². The molecule has 222 valence electrons.